The molecule has 1 fully saturated rings. The molecule has 26 heavy (non-hydrogen) atoms. The number of ether oxygens (including phenoxy) is 1. The van der Waals surface area contributed by atoms with Crippen molar-refractivity contribution < 1.29 is 13.5 Å². The van der Waals surface area contributed by atoms with E-state index in [1.54, 1.807) is 13.1 Å². The lowest BCUT2D eigenvalue weighted by atomic mass is 10.1. The molecule has 0 aromatic heterocycles. The molecule has 1 aliphatic heterocycles. The maximum absolute atomic E-state index is 12.5. The van der Waals surface area contributed by atoms with E-state index in [0.717, 1.165) is 32.5 Å². The van der Waals surface area contributed by atoms with Crippen LogP contribution in [0, 0.1) is 0 Å². The summed E-state index contributed by atoms with van der Waals surface area (Å²) in [5, 5.41) is 7.02. The molecule has 0 unspecified atom stereocenters. The van der Waals surface area contributed by atoms with E-state index in [1.165, 1.54) is 18.6 Å². The number of nitrogens with one attached hydrogen (secondary N) is 2. The van der Waals surface area contributed by atoms with Crippen molar-refractivity contribution in [3.63, 3.8) is 0 Å². The number of aliphatic imine (C=N–C) groups is 1. The summed E-state index contributed by atoms with van der Waals surface area (Å²) in [5.41, 5.74) is 0.554. The monoisotopic (exact) mass is 388 g/mol. The van der Waals surface area contributed by atoms with Gasteiger partial charge in [-0.25, -0.2) is 0 Å². The number of hydrogen-bond acceptors (Lipinski definition) is 3. The molecular formula is C18H27ClF2N4O. The van der Waals surface area contributed by atoms with E-state index in [2.05, 4.69) is 32.2 Å². The zero-order valence-corrected chi connectivity index (χ0v) is 16.0. The van der Waals surface area contributed by atoms with Gasteiger partial charge in [0.15, 0.2) is 5.96 Å². The zero-order valence-electron chi connectivity index (χ0n) is 15.3. The third kappa shape index (κ3) is 6.61. The van der Waals surface area contributed by atoms with Crippen LogP contribution in [-0.4, -0.2) is 50.2 Å². The molecule has 1 saturated heterocycles. The summed E-state index contributed by atoms with van der Waals surface area (Å²) >= 11 is 5.98. The number of hydrogen-bond donors (Lipinski definition) is 2. The highest BCUT2D eigenvalue weighted by atomic mass is 35.5. The number of guanidine groups is 1. The van der Waals surface area contributed by atoms with E-state index in [1.807, 2.05) is 0 Å². The molecule has 0 aliphatic carbocycles. The Kier molecular flexibility index (Phi) is 8.38. The Hall–Kier alpha value is -1.60. The smallest absolute Gasteiger partial charge is 0.387 e. The zero-order chi connectivity index (χ0) is 18.9. The standard InChI is InChI=1S/C18H27ClF2N4O/c1-3-8-25-9-6-15(7-10-25)24-18(22-2)23-12-13-11-14(19)4-5-16(13)26-17(20)21/h4-5,11,15,17H,3,6-10,12H2,1-2H3,(H2,22,23,24). The number of nitrogens with zero attached hydrogens (tertiary/aromatic N) is 2. The predicted octanol–water partition coefficient (Wildman–Crippen LogP) is 3.48. The summed E-state index contributed by atoms with van der Waals surface area (Å²) in [7, 11) is 1.69. The van der Waals surface area contributed by atoms with E-state index in [-0.39, 0.29) is 12.3 Å². The minimum atomic E-state index is -2.87. The lowest BCUT2D eigenvalue weighted by molar-refractivity contribution is -0.0504. The Morgan fingerprint density at radius 2 is 2.12 bits per heavy atom. The van der Waals surface area contributed by atoms with Gasteiger partial charge in [-0.15, -0.1) is 0 Å². The molecule has 2 N–H and O–H groups in total. The Bertz CT molecular complexity index is 593. The van der Waals surface area contributed by atoms with Crippen LogP contribution in [0.1, 0.15) is 31.7 Å². The molecule has 0 saturated carbocycles. The number of benzene rings is 1. The number of piperidine rings is 1. The summed E-state index contributed by atoms with van der Waals surface area (Å²) < 4.78 is 29.6. The first-order chi connectivity index (χ1) is 12.5. The topological polar surface area (TPSA) is 48.9 Å². The molecule has 0 atom stereocenters. The normalized spacial score (nSPS) is 16.8. The number of alkyl halides is 2. The third-order valence-corrected chi connectivity index (χ3v) is 4.61. The Morgan fingerprint density at radius 3 is 2.73 bits per heavy atom. The van der Waals surface area contributed by atoms with Crippen molar-refractivity contribution in [2.24, 2.45) is 4.99 Å². The number of likely N-dealkylation sites (tertiary alicyclic amines) is 1. The molecule has 1 aromatic carbocycles. The first-order valence-corrected chi connectivity index (χ1v) is 9.32. The minimum absolute atomic E-state index is 0.111. The van der Waals surface area contributed by atoms with Crippen LogP contribution in [0.2, 0.25) is 5.02 Å². The summed E-state index contributed by atoms with van der Waals surface area (Å²) in [6.45, 7) is 2.89. The van der Waals surface area contributed by atoms with Gasteiger partial charge in [0.2, 0.25) is 0 Å². The van der Waals surface area contributed by atoms with Crippen LogP contribution < -0.4 is 15.4 Å². The van der Waals surface area contributed by atoms with Gasteiger partial charge in [0.25, 0.3) is 0 Å². The van der Waals surface area contributed by atoms with Crippen molar-refractivity contribution in [3.8, 4) is 5.75 Å². The van der Waals surface area contributed by atoms with Gasteiger partial charge in [-0.1, -0.05) is 18.5 Å². The SMILES string of the molecule is CCCN1CCC(NC(=NC)NCc2cc(Cl)ccc2OC(F)F)CC1. The molecule has 0 bridgehead atoms. The first-order valence-electron chi connectivity index (χ1n) is 8.94. The van der Waals surface area contributed by atoms with Gasteiger partial charge < -0.3 is 20.3 Å². The van der Waals surface area contributed by atoms with E-state index in [9.17, 15) is 8.78 Å². The maximum Gasteiger partial charge on any atom is 0.387 e. The van der Waals surface area contributed by atoms with Gasteiger partial charge >= 0.3 is 6.61 Å². The van der Waals surface area contributed by atoms with Gasteiger partial charge in [-0.2, -0.15) is 8.78 Å². The van der Waals surface area contributed by atoms with Crippen molar-refractivity contribution in [2.45, 2.75) is 45.4 Å². The average molecular weight is 389 g/mol. The second kappa shape index (κ2) is 10.5. The fraction of sp³-hybridized carbons (Fsp3) is 0.611. The molecule has 8 heteroatoms. The van der Waals surface area contributed by atoms with Gasteiger partial charge in [-0.3, -0.25) is 4.99 Å². The molecule has 0 radical (unpaired) electrons. The van der Waals surface area contributed by atoms with Gasteiger partial charge in [0, 0.05) is 43.3 Å². The summed E-state index contributed by atoms with van der Waals surface area (Å²) in [4.78, 5) is 6.69. The summed E-state index contributed by atoms with van der Waals surface area (Å²) in [5.74, 6) is 0.752. The van der Waals surface area contributed by atoms with Crippen molar-refractivity contribution in [1.82, 2.24) is 15.5 Å². The molecule has 1 aromatic rings. The van der Waals surface area contributed by atoms with Gasteiger partial charge in [-0.05, 0) is 44.0 Å². The highest BCUT2D eigenvalue weighted by Gasteiger charge is 2.19. The second-order valence-corrected chi connectivity index (χ2v) is 6.75. The van der Waals surface area contributed by atoms with Crippen molar-refractivity contribution in [1.29, 1.82) is 0 Å². The van der Waals surface area contributed by atoms with Gasteiger partial charge in [0.05, 0.1) is 0 Å². The highest BCUT2D eigenvalue weighted by molar-refractivity contribution is 6.30. The highest BCUT2D eigenvalue weighted by Crippen LogP contribution is 2.24. The average Bonchev–Trinajstić information content (AvgIpc) is 2.62. The van der Waals surface area contributed by atoms with Gasteiger partial charge in [0.1, 0.15) is 5.75 Å². The van der Waals surface area contributed by atoms with E-state index in [4.69, 9.17) is 11.6 Å². The summed E-state index contributed by atoms with van der Waals surface area (Å²) in [6, 6.07) is 4.94. The van der Waals surface area contributed by atoms with Crippen LogP contribution in [0.5, 0.6) is 5.75 Å². The second-order valence-electron chi connectivity index (χ2n) is 6.32. The van der Waals surface area contributed by atoms with Crippen LogP contribution in [0.4, 0.5) is 8.78 Å². The lowest BCUT2D eigenvalue weighted by Gasteiger charge is -2.32. The van der Waals surface area contributed by atoms with Crippen LogP contribution in [0.3, 0.4) is 0 Å². The van der Waals surface area contributed by atoms with Crippen LogP contribution in [-0.2, 0) is 6.54 Å². The molecule has 1 heterocycles. The third-order valence-electron chi connectivity index (χ3n) is 4.38. The van der Waals surface area contributed by atoms with Crippen molar-refractivity contribution in [2.75, 3.05) is 26.7 Å². The van der Waals surface area contributed by atoms with Crippen molar-refractivity contribution >= 4 is 17.6 Å². The molecule has 5 nitrogen and oxygen atoms in total. The first kappa shape index (κ1) is 20.7. The molecule has 1 aliphatic rings. The van der Waals surface area contributed by atoms with Crippen molar-refractivity contribution in [3.05, 3.63) is 28.8 Å². The number of halogens is 3. The molecule has 0 amide bonds. The Balaban J connectivity index is 1.88. The Labute approximate surface area is 158 Å². The van der Waals surface area contributed by atoms with Crippen LogP contribution >= 0.6 is 11.6 Å². The van der Waals surface area contributed by atoms with E-state index >= 15 is 0 Å². The van der Waals surface area contributed by atoms with E-state index in [0.29, 0.717) is 22.6 Å². The van der Waals surface area contributed by atoms with Crippen LogP contribution in [0.15, 0.2) is 23.2 Å². The summed E-state index contributed by atoms with van der Waals surface area (Å²) in [6.07, 6.45) is 3.28. The largest absolute Gasteiger partial charge is 0.434 e. The molecule has 146 valence electrons. The minimum Gasteiger partial charge on any atom is -0.434 e. The van der Waals surface area contributed by atoms with Crippen LogP contribution in [0.25, 0.3) is 0 Å². The fourth-order valence-electron chi connectivity index (χ4n) is 3.08. The Morgan fingerprint density at radius 1 is 1.38 bits per heavy atom. The fourth-order valence-corrected chi connectivity index (χ4v) is 3.28. The number of rotatable bonds is 7. The predicted molar refractivity (Wildman–Crippen MR) is 101 cm³/mol. The molecule has 2 rings (SSSR count). The maximum atomic E-state index is 12.5. The quantitative estimate of drug-likeness (QED) is 0.554. The lowest BCUT2D eigenvalue weighted by Crippen LogP contribution is -2.48. The molecule has 0 spiro atoms. The van der Waals surface area contributed by atoms with E-state index < -0.39 is 6.61 Å². The molecular weight excluding hydrogens is 362 g/mol.